The van der Waals surface area contributed by atoms with Crippen LogP contribution < -0.4 is 10.6 Å². The maximum absolute atomic E-state index is 14.2. The number of aliphatic carboxylic acids is 1. The molecule has 164 valence electrons. The first-order chi connectivity index (χ1) is 14.8. The van der Waals surface area contributed by atoms with Crippen LogP contribution in [0.4, 0.5) is 10.1 Å². The van der Waals surface area contributed by atoms with E-state index in [0.717, 1.165) is 27.9 Å². The van der Waals surface area contributed by atoms with Gasteiger partial charge in [0.15, 0.2) is 5.83 Å². The predicted molar refractivity (Wildman–Crippen MR) is 122 cm³/mol. The molecule has 0 radical (unpaired) electrons. The number of hydrogen-bond donors (Lipinski definition) is 3. The fraction of sp³-hybridized carbons (Fsp3) is 0.360. The standard InChI is InChI=1S/C25H29FN2O3/c1-16-14-22(18-7-9-21(10-8-18)28-20-5-3-4-6-20)17(2)13-19(16)15-23(26)25(31)27-12-11-24(29)30/h7-10,13-15,20,28H,3-6,11-12H2,1-2H3,(H,27,31)(H,29,30)/b23-15-. The van der Waals surface area contributed by atoms with E-state index in [2.05, 4.69) is 34.9 Å². The summed E-state index contributed by atoms with van der Waals surface area (Å²) in [7, 11) is 0. The van der Waals surface area contributed by atoms with Crippen molar-refractivity contribution in [3.63, 3.8) is 0 Å². The third-order valence-corrected chi connectivity index (χ3v) is 5.66. The van der Waals surface area contributed by atoms with Crippen molar-refractivity contribution in [1.29, 1.82) is 0 Å². The lowest BCUT2D eigenvalue weighted by molar-refractivity contribution is -0.136. The summed E-state index contributed by atoms with van der Waals surface area (Å²) in [5.41, 5.74) is 5.72. The Hall–Kier alpha value is -3.15. The molecular weight excluding hydrogens is 395 g/mol. The molecule has 0 bridgehead atoms. The van der Waals surface area contributed by atoms with Crippen LogP contribution in [0.3, 0.4) is 0 Å². The van der Waals surface area contributed by atoms with E-state index < -0.39 is 17.7 Å². The lowest BCUT2D eigenvalue weighted by Gasteiger charge is -2.15. The van der Waals surface area contributed by atoms with Crippen LogP contribution in [-0.2, 0) is 9.59 Å². The average Bonchev–Trinajstić information content (AvgIpc) is 3.24. The van der Waals surface area contributed by atoms with Gasteiger partial charge in [0.05, 0.1) is 6.42 Å². The van der Waals surface area contributed by atoms with Gasteiger partial charge in [0.25, 0.3) is 5.91 Å². The molecule has 0 aromatic heterocycles. The zero-order valence-corrected chi connectivity index (χ0v) is 18.0. The second-order valence-electron chi connectivity index (χ2n) is 8.12. The fourth-order valence-electron chi connectivity index (χ4n) is 3.93. The van der Waals surface area contributed by atoms with E-state index in [0.29, 0.717) is 11.6 Å². The van der Waals surface area contributed by atoms with Gasteiger partial charge in [0.2, 0.25) is 0 Å². The normalized spacial score (nSPS) is 14.5. The number of halogens is 1. The average molecular weight is 425 g/mol. The fourth-order valence-corrected chi connectivity index (χ4v) is 3.93. The molecule has 0 unspecified atom stereocenters. The second kappa shape index (κ2) is 10.2. The molecule has 0 atom stereocenters. The number of carboxylic acids is 1. The van der Waals surface area contributed by atoms with E-state index in [1.54, 1.807) is 0 Å². The molecule has 0 aliphatic heterocycles. The Morgan fingerprint density at radius 3 is 2.42 bits per heavy atom. The SMILES string of the molecule is Cc1cc(-c2ccc(NC3CCCC3)cc2)c(C)cc1/C=C(\F)C(=O)NCCC(=O)O. The molecule has 6 heteroatoms. The molecule has 3 N–H and O–H groups in total. The topological polar surface area (TPSA) is 78.4 Å². The number of aryl methyl sites for hydroxylation is 2. The molecule has 3 rings (SSSR count). The molecule has 1 saturated carbocycles. The Morgan fingerprint density at radius 1 is 1.10 bits per heavy atom. The predicted octanol–water partition coefficient (Wildman–Crippen LogP) is 5.23. The number of nitrogens with one attached hydrogen (secondary N) is 2. The number of hydrogen-bond acceptors (Lipinski definition) is 3. The van der Waals surface area contributed by atoms with E-state index >= 15 is 0 Å². The Kier molecular flexibility index (Phi) is 7.45. The largest absolute Gasteiger partial charge is 0.481 e. The number of benzene rings is 2. The molecule has 2 aromatic rings. The Labute approximate surface area is 182 Å². The number of amides is 1. The van der Waals surface area contributed by atoms with Crippen molar-refractivity contribution in [2.45, 2.75) is 52.0 Å². The van der Waals surface area contributed by atoms with Crippen molar-refractivity contribution in [3.05, 3.63) is 58.9 Å². The Bertz CT molecular complexity index is 977. The molecule has 5 nitrogen and oxygen atoms in total. The molecule has 0 saturated heterocycles. The minimum atomic E-state index is -1.05. The molecule has 0 heterocycles. The lowest BCUT2D eigenvalue weighted by atomic mass is 9.94. The number of anilines is 1. The van der Waals surface area contributed by atoms with Crippen LogP contribution in [0.2, 0.25) is 0 Å². The first kappa shape index (κ1) is 22.5. The molecule has 1 aliphatic rings. The van der Waals surface area contributed by atoms with E-state index in [-0.39, 0.29) is 13.0 Å². The number of rotatable bonds is 8. The maximum Gasteiger partial charge on any atom is 0.305 e. The summed E-state index contributed by atoms with van der Waals surface area (Å²) in [6.07, 6.45) is 5.98. The van der Waals surface area contributed by atoms with Gasteiger partial charge in [-0.15, -0.1) is 0 Å². The Morgan fingerprint density at radius 2 is 1.77 bits per heavy atom. The van der Waals surface area contributed by atoms with Crippen molar-refractivity contribution in [2.24, 2.45) is 0 Å². The summed E-state index contributed by atoms with van der Waals surface area (Å²) in [5.74, 6) is -2.90. The zero-order valence-electron chi connectivity index (χ0n) is 18.0. The van der Waals surface area contributed by atoms with Gasteiger partial charge in [-0.05, 0) is 72.7 Å². The molecule has 1 fully saturated rings. The summed E-state index contributed by atoms with van der Waals surface area (Å²) in [4.78, 5) is 22.3. The summed E-state index contributed by atoms with van der Waals surface area (Å²) >= 11 is 0. The van der Waals surface area contributed by atoms with E-state index in [9.17, 15) is 14.0 Å². The first-order valence-electron chi connectivity index (χ1n) is 10.7. The van der Waals surface area contributed by atoms with E-state index in [1.165, 1.54) is 31.8 Å². The smallest absolute Gasteiger partial charge is 0.305 e. The third kappa shape index (κ3) is 6.17. The van der Waals surface area contributed by atoms with Gasteiger partial charge < -0.3 is 15.7 Å². The van der Waals surface area contributed by atoms with Crippen molar-refractivity contribution >= 4 is 23.6 Å². The minimum absolute atomic E-state index is 0.113. The van der Waals surface area contributed by atoms with Crippen molar-refractivity contribution in [1.82, 2.24) is 5.32 Å². The maximum atomic E-state index is 14.2. The highest BCUT2D eigenvalue weighted by Gasteiger charge is 2.15. The monoisotopic (exact) mass is 424 g/mol. The van der Waals surface area contributed by atoms with Crippen LogP contribution in [0.1, 0.15) is 48.8 Å². The van der Waals surface area contributed by atoms with Crippen LogP contribution in [0, 0.1) is 13.8 Å². The number of carbonyl (C=O) groups excluding carboxylic acids is 1. The highest BCUT2D eigenvalue weighted by molar-refractivity contribution is 5.96. The van der Waals surface area contributed by atoms with E-state index in [4.69, 9.17) is 5.11 Å². The minimum Gasteiger partial charge on any atom is -0.481 e. The lowest BCUT2D eigenvalue weighted by Crippen LogP contribution is -2.26. The van der Waals surface area contributed by atoms with Crippen LogP contribution in [0.25, 0.3) is 17.2 Å². The highest BCUT2D eigenvalue weighted by Crippen LogP contribution is 2.30. The van der Waals surface area contributed by atoms with E-state index in [1.807, 2.05) is 26.0 Å². The van der Waals surface area contributed by atoms with Crippen molar-refractivity contribution < 1.29 is 19.1 Å². The van der Waals surface area contributed by atoms with Crippen LogP contribution >= 0.6 is 0 Å². The van der Waals surface area contributed by atoms with Gasteiger partial charge in [-0.3, -0.25) is 9.59 Å². The van der Waals surface area contributed by atoms with Crippen LogP contribution in [0.15, 0.2) is 42.2 Å². The van der Waals surface area contributed by atoms with Crippen LogP contribution in [0.5, 0.6) is 0 Å². The third-order valence-electron chi connectivity index (χ3n) is 5.66. The van der Waals surface area contributed by atoms with Gasteiger partial charge in [0.1, 0.15) is 0 Å². The Balaban J connectivity index is 1.72. The van der Waals surface area contributed by atoms with Gasteiger partial charge in [0, 0.05) is 18.3 Å². The molecule has 31 heavy (non-hydrogen) atoms. The quantitative estimate of drug-likeness (QED) is 0.507. The summed E-state index contributed by atoms with van der Waals surface area (Å²) in [5, 5.41) is 14.5. The molecule has 1 aliphatic carbocycles. The molecule has 0 spiro atoms. The first-order valence-corrected chi connectivity index (χ1v) is 10.7. The summed E-state index contributed by atoms with van der Waals surface area (Å²) in [6, 6.07) is 12.8. The van der Waals surface area contributed by atoms with Gasteiger partial charge in [-0.25, -0.2) is 4.39 Å². The van der Waals surface area contributed by atoms with Gasteiger partial charge in [-0.2, -0.15) is 0 Å². The molecular formula is C25H29FN2O3. The van der Waals surface area contributed by atoms with Gasteiger partial charge >= 0.3 is 5.97 Å². The highest BCUT2D eigenvalue weighted by atomic mass is 19.1. The zero-order chi connectivity index (χ0) is 22.4. The summed E-state index contributed by atoms with van der Waals surface area (Å²) < 4.78 is 14.2. The van der Waals surface area contributed by atoms with Crippen molar-refractivity contribution in [3.8, 4) is 11.1 Å². The number of carbonyl (C=O) groups is 2. The number of carboxylic acid groups (broad SMARTS) is 1. The molecule has 1 amide bonds. The van der Waals surface area contributed by atoms with Crippen LogP contribution in [-0.4, -0.2) is 29.6 Å². The molecule has 2 aromatic carbocycles. The summed E-state index contributed by atoms with van der Waals surface area (Å²) in [6.45, 7) is 3.72. The second-order valence-corrected chi connectivity index (χ2v) is 8.12. The van der Waals surface area contributed by atoms with Gasteiger partial charge in [-0.1, -0.05) is 37.1 Å². The van der Waals surface area contributed by atoms with Crippen molar-refractivity contribution in [2.75, 3.05) is 11.9 Å².